The third-order valence-electron chi connectivity index (χ3n) is 4.62. The Bertz CT molecular complexity index is 800. The Morgan fingerprint density at radius 2 is 1.96 bits per heavy atom. The predicted octanol–water partition coefficient (Wildman–Crippen LogP) is 2.54. The lowest BCUT2D eigenvalue weighted by atomic mass is 9.94. The smallest absolute Gasteiger partial charge is 0.211 e. The molecule has 0 aliphatic heterocycles. The quantitative estimate of drug-likeness (QED) is 0.783. The van der Waals surface area contributed by atoms with Crippen molar-refractivity contribution in [2.24, 2.45) is 0 Å². The summed E-state index contributed by atoms with van der Waals surface area (Å²) < 4.78 is 28.6. The normalized spacial score (nSPS) is 14.4. The Hall–Kier alpha value is -1.73. The molecular weight excluding hydrogens is 336 g/mol. The number of rotatable bonds is 8. The van der Waals surface area contributed by atoms with Crippen LogP contribution in [0.25, 0.3) is 11.3 Å². The SMILES string of the molecule is CCCCS(=O)(=O)NCCn1nc(-c2ccncc2)c2c1CCCC2. The number of unbranched alkanes of at least 4 members (excludes halogenated alkanes) is 1. The summed E-state index contributed by atoms with van der Waals surface area (Å²) in [6, 6.07) is 3.96. The maximum atomic E-state index is 11.9. The second kappa shape index (κ2) is 8.10. The lowest BCUT2D eigenvalue weighted by molar-refractivity contribution is 0.537. The van der Waals surface area contributed by atoms with Crippen molar-refractivity contribution in [3.8, 4) is 11.3 Å². The molecule has 2 aromatic heterocycles. The number of hydrogen-bond acceptors (Lipinski definition) is 4. The van der Waals surface area contributed by atoms with Gasteiger partial charge in [0.15, 0.2) is 0 Å². The summed E-state index contributed by atoms with van der Waals surface area (Å²) in [4.78, 5) is 4.08. The zero-order valence-corrected chi connectivity index (χ0v) is 15.6. The Morgan fingerprint density at radius 1 is 1.20 bits per heavy atom. The second-order valence-corrected chi connectivity index (χ2v) is 8.43. The minimum absolute atomic E-state index is 0.197. The Kier molecular flexibility index (Phi) is 5.86. The molecule has 0 fully saturated rings. The van der Waals surface area contributed by atoms with Gasteiger partial charge >= 0.3 is 0 Å². The maximum Gasteiger partial charge on any atom is 0.211 e. The van der Waals surface area contributed by atoms with Gasteiger partial charge in [-0.15, -0.1) is 0 Å². The van der Waals surface area contributed by atoms with E-state index in [-0.39, 0.29) is 5.75 Å². The first-order chi connectivity index (χ1) is 12.1. The Balaban J connectivity index is 1.75. The van der Waals surface area contributed by atoms with Gasteiger partial charge in [-0.05, 0) is 44.2 Å². The average molecular weight is 362 g/mol. The van der Waals surface area contributed by atoms with Crippen LogP contribution in [0.4, 0.5) is 0 Å². The van der Waals surface area contributed by atoms with Crippen LogP contribution >= 0.6 is 0 Å². The van der Waals surface area contributed by atoms with Gasteiger partial charge in [-0.2, -0.15) is 5.10 Å². The molecule has 1 aliphatic rings. The van der Waals surface area contributed by atoms with Crippen molar-refractivity contribution >= 4 is 10.0 Å². The summed E-state index contributed by atoms with van der Waals surface area (Å²) in [5.41, 5.74) is 4.67. The number of nitrogens with zero attached hydrogens (tertiary/aromatic N) is 3. The van der Waals surface area contributed by atoms with Crippen LogP contribution in [0, 0.1) is 0 Å². The van der Waals surface area contributed by atoms with E-state index in [1.807, 2.05) is 23.7 Å². The molecule has 0 spiro atoms. The molecule has 0 bridgehead atoms. The average Bonchev–Trinajstić information content (AvgIpc) is 3.00. The van der Waals surface area contributed by atoms with Crippen LogP contribution < -0.4 is 4.72 Å². The van der Waals surface area contributed by atoms with Gasteiger partial charge in [0, 0.05) is 35.8 Å². The molecule has 136 valence electrons. The Morgan fingerprint density at radius 3 is 2.72 bits per heavy atom. The van der Waals surface area contributed by atoms with Gasteiger partial charge in [-0.3, -0.25) is 9.67 Å². The van der Waals surface area contributed by atoms with Gasteiger partial charge in [-0.25, -0.2) is 13.1 Å². The van der Waals surface area contributed by atoms with Crippen molar-refractivity contribution < 1.29 is 8.42 Å². The summed E-state index contributed by atoms with van der Waals surface area (Å²) >= 11 is 0. The lowest BCUT2D eigenvalue weighted by Crippen LogP contribution is -2.30. The molecule has 0 radical (unpaired) electrons. The van der Waals surface area contributed by atoms with E-state index < -0.39 is 10.0 Å². The van der Waals surface area contributed by atoms with E-state index in [1.54, 1.807) is 12.4 Å². The van der Waals surface area contributed by atoms with Crippen molar-refractivity contribution in [1.29, 1.82) is 0 Å². The van der Waals surface area contributed by atoms with Crippen LogP contribution in [0.15, 0.2) is 24.5 Å². The highest BCUT2D eigenvalue weighted by Crippen LogP contribution is 2.30. The maximum absolute atomic E-state index is 11.9. The zero-order valence-electron chi connectivity index (χ0n) is 14.7. The summed E-state index contributed by atoms with van der Waals surface area (Å²) in [5.74, 6) is 0.197. The van der Waals surface area contributed by atoms with E-state index in [1.165, 1.54) is 17.7 Å². The molecule has 1 aliphatic carbocycles. The minimum atomic E-state index is -3.18. The zero-order chi connectivity index (χ0) is 17.7. The second-order valence-electron chi connectivity index (χ2n) is 6.51. The van der Waals surface area contributed by atoms with Crippen LogP contribution in [-0.2, 0) is 29.4 Å². The Labute approximate surface area is 149 Å². The molecule has 2 aromatic rings. The van der Waals surface area contributed by atoms with E-state index in [4.69, 9.17) is 5.10 Å². The summed E-state index contributed by atoms with van der Waals surface area (Å²) in [6.45, 7) is 2.95. The van der Waals surface area contributed by atoms with Crippen molar-refractivity contribution in [2.45, 2.75) is 52.0 Å². The first-order valence-electron chi connectivity index (χ1n) is 9.07. The number of sulfonamides is 1. The minimum Gasteiger partial charge on any atom is -0.267 e. The molecule has 0 atom stereocenters. The number of hydrogen-bond donors (Lipinski definition) is 1. The van der Waals surface area contributed by atoms with Gasteiger partial charge in [-0.1, -0.05) is 13.3 Å². The topological polar surface area (TPSA) is 76.9 Å². The third-order valence-corrected chi connectivity index (χ3v) is 6.09. The summed E-state index contributed by atoms with van der Waals surface area (Å²) in [5, 5.41) is 4.80. The molecular formula is C18H26N4O2S. The molecule has 3 rings (SSSR count). The number of fused-ring (bicyclic) bond motifs is 1. The van der Waals surface area contributed by atoms with Crippen LogP contribution in [0.1, 0.15) is 43.9 Å². The van der Waals surface area contributed by atoms with Crippen molar-refractivity contribution in [2.75, 3.05) is 12.3 Å². The van der Waals surface area contributed by atoms with E-state index in [2.05, 4.69) is 9.71 Å². The summed E-state index contributed by atoms with van der Waals surface area (Å²) in [7, 11) is -3.18. The molecule has 0 unspecified atom stereocenters. The van der Waals surface area contributed by atoms with Gasteiger partial charge < -0.3 is 0 Å². The predicted molar refractivity (Wildman–Crippen MR) is 98.8 cm³/mol. The van der Waals surface area contributed by atoms with E-state index in [9.17, 15) is 8.42 Å². The van der Waals surface area contributed by atoms with Crippen LogP contribution in [0.5, 0.6) is 0 Å². The van der Waals surface area contributed by atoms with Crippen molar-refractivity contribution in [3.63, 3.8) is 0 Å². The van der Waals surface area contributed by atoms with Gasteiger partial charge in [0.05, 0.1) is 18.0 Å². The van der Waals surface area contributed by atoms with Gasteiger partial charge in [0.2, 0.25) is 10.0 Å². The third kappa shape index (κ3) is 4.46. The van der Waals surface area contributed by atoms with E-state index in [0.717, 1.165) is 36.9 Å². The fourth-order valence-corrected chi connectivity index (χ4v) is 4.53. The van der Waals surface area contributed by atoms with E-state index >= 15 is 0 Å². The number of nitrogens with one attached hydrogen (secondary N) is 1. The summed E-state index contributed by atoms with van der Waals surface area (Å²) in [6.07, 6.45) is 9.53. The molecule has 0 aromatic carbocycles. The standard InChI is InChI=1S/C18H26N4O2S/c1-2-3-14-25(23,24)20-12-13-22-17-7-5-4-6-16(17)18(21-22)15-8-10-19-11-9-15/h8-11,20H,2-7,12-14H2,1H3. The molecule has 0 saturated carbocycles. The molecule has 25 heavy (non-hydrogen) atoms. The highest BCUT2D eigenvalue weighted by Gasteiger charge is 2.21. The first kappa shape index (κ1) is 18.1. The molecule has 0 saturated heterocycles. The van der Waals surface area contributed by atoms with Crippen molar-refractivity contribution in [1.82, 2.24) is 19.5 Å². The van der Waals surface area contributed by atoms with E-state index in [0.29, 0.717) is 19.5 Å². The highest BCUT2D eigenvalue weighted by molar-refractivity contribution is 7.89. The molecule has 6 nitrogen and oxygen atoms in total. The van der Waals surface area contributed by atoms with Gasteiger partial charge in [0.1, 0.15) is 0 Å². The van der Waals surface area contributed by atoms with Crippen molar-refractivity contribution in [3.05, 3.63) is 35.8 Å². The lowest BCUT2D eigenvalue weighted by Gasteiger charge is -2.14. The highest BCUT2D eigenvalue weighted by atomic mass is 32.2. The monoisotopic (exact) mass is 362 g/mol. The molecule has 0 amide bonds. The fourth-order valence-electron chi connectivity index (χ4n) is 3.31. The largest absolute Gasteiger partial charge is 0.267 e. The number of pyridine rings is 1. The van der Waals surface area contributed by atoms with Gasteiger partial charge in [0.25, 0.3) is 0 Å². The molecule has 1 N–H and O–H groups in total. The number of aromatic nitrogens is 3. The molecule has 7 heteroatoms. The van der Waals surface area contributed by atoms with Crippen LogP contribution in [0.3, 0.4) is 0 Å². The fraction of sp³-hybridized carbons (Fsp3) is 0.556. The van der Waals surface area contributed by atoms with Crippen LogP contribution in [0.2, 0.25) is 0 Å². The first-order valence-corrected chi connectivity index (χ1v) is 10.7. The molecule has 2 heterocycles. The van der Waals surface area contributed by atoms with Crippen LogP contribution in [-0.4, -0.2) is 35.5 Å².